The summed E-state index contributed by atoms with van der Waals surface area (Å²) in [7, 11) is 1.66. The third kappa shape index (κ3) is 2.32. The molecule has 0 fully saturated rings. The minimum atomic E-state index is -0.556. The molecule has 1 atom stereocenters. The van der Waals surface area contributed by atoms with Crippen LogP contribution in [0.15, 0.2) is 12.1 Å². The van der Waals surface area contributed by atoms with Gasteiger partial charge in [0.15, 0.2) is 0 Å². The van der Waals surface area contributed by atoms with E-state index in [0.717, 1.165) is 29.7 Å². The molecule has 0 saturated heterocycles. The number of rotatable bonds is 1. The molecule has 3 heteroatoms. The second-order valence-corrected chi connectivity index (χ2v) is 6.17. The Bertz CT molecular complexity index is 460. The first-order valence-corrected chi connectivity index (χ1v) is 6.36. The summed E-state index contributed by atoms with van der Waals surface area (Å²) in [5, 5.41) is 10.1. The molecule has 1 aromatic rings. The summed E-state index contributed by atoms with van der Waals surface area (Å²) in [4.78, 5) is 0. The van der Waals surface area contributed by atoms with E-state index < -0.39 is 5.79 Å². The topological polar surface area (TPSA) is 38.7 Å². The van der Waals surface area contributed by atoms with Crippen molar-refractivity contribution in [3.05, 3.63) is 23.3 Å². The van der Waals surface area contributed by atoms with Gasteiger partial charge in [0.05, 0.1) is 0 Å². The molecular formula is C15H22O3. The molecule has 2 rings (SSSR count). The van der Waals surface area contributed by atoms with E-state index in [1.165, 1.54) is 0 Å². The van der Waals surface area contributed by atoms with Crippen molar-refractivity contribution in [2.75, 3.05) is 7.11 Å². The number of methoxy groups -OCH3 is 1. The lowest BCUT2D eigenvalue weighted by molar-refractivity contribution is -0.160. The molecule has 1 aromatic carbocycles. The van der Waals surface area contributed by atoms with Gasteiger partial charge in [0.2, 0.25) is 5.79 Å². The summed E-state index contributed by atoms with van der Waals surface area (Å²) < 4.78 is 11.3. The number of hydrogen-bond acceptors (Lipinski definition) is 3. The molecule has 0 saturated carbocycles. The zero-order valence-electron chi connectivity index (χ0n) is 11.8. The smallest absolute Gasteiger partial charge is 0.207 e. The van der Waals surface area contributed by atoms with Crippen LogP contribution in [0.3, 0.4) is 0 Å². The molecule has 1 aliphatic heterocycles. The molecule has 100 valence electrons. The van der Waals surface area contributed by atoms with Gasteiger partial charge in [0.1, 0.15) is 11.5 Å². The first kappa shape index (κ1) is 13.2. The number of ether oxygens (including phenoxy) is 2. The van der Waals surface area contributed by atoms with Crippen molar-refractivity contribution >= 4 is 0 Å². The predicted octanol–water partition coefficient (Wildman–Crippen LogP) is 3.38. The number of hydrogen-bond donors (Lipinski definition) is 1. The Morgan fingerprint density at radius 3 is 2.56 bits per heavy atom. The molecule has 0 bridgehead atoms. The van der Waals surface area contributed by atoms with Crippen LogP contribution in [0.2, 0.25) is 0 Å². The first-order valence-electron chi connectivity index (χ1n) is 6.36. The van der Waals surface area contributed by atoms with Crippen molar-refractivity contribution < 1.29 is 14.6 Å². The Morgan fingerprint density at radius 2 is 2.00 bits per heavy atom. The Hall–Kier alpha value is -1.22. The van der Waals surface area contributed by atoms with E-state index in [1.807, 2.05) is 19.1 Å². The lowest BCUT2D eigenvalue weighted by atomic mass is 9.84. The van der Waals surface area contributed by atoms with Gasteiger partial charge in [0.25, 0.3) is 0 Å². The Morgan fingerprint density at radius 1 is 1.33 bits per heavy atom. The van der Waals surface area contributed by atoms with Crippen LogP contribution < -0.4 is 4.74 Å². The van der Waals surface area contributed by atoms with Crippen molar-refractivity contribution in [3.63, 3.8) is 0 Å². The second kappa shape index (κ2) is 4.16. The van der Waals surface area contributed by atoms with Gasteiger partial charge in [-0.1, -0.05) is 20.8 Å². The van der Waals surface area contributed by atoms with Gasteiger partial charge in [-0.15, -0.1) is 0 Å². The number of aryl methyl sites for hydroxylation is 1. The lowest BCUT2D eigenvalue weighted by Crippen LogP contribution is -2.38. The van der Waals surface area contributed by atoms with Gasteiger partial charge in [-0.25, -0.2) is 0 Å². The fourth-order valence-electron chi connectivity index (χ4n) is 2.29. The quantitative estimate of drug-likeness (QED) is 0.830. The molecule has 0 aromatic heterocycles. The van der Waals surface area contributed by atoms with Crippen molar-refractivity contribution in [2.24, 2.45) is 0 Å². The number of fused-ring (bicyclic) bond motifs is 1. The maximum absolute atomic E-state index is 10.1. The molecule has 1 unspecified atom stereocenters. The second-order valence-electron chi connectivity index (χ2n) is 6.17. The zero-order valence-corrected chi connectivity index (χ0v) is 11.8. The average Bonchev–Trinajstić information content (AvgIpc) is 2.27. The Labute approximate surface area is 109 Å². The van der Waals surface area contributed by atoms with Gasteiger partial charge in [0, 0.05) is 26.0 Å². The van der Waals surface area contributed by atoms with Gasteiger partial charge in [-0.2, -0.15) is 0 Å². The van der Waals surface area contributed by atoms with Gasteiger partial charge in [-0.05, 0) is 29.5 Å². The maximum Gasteiger partial charge on any atom is 0.207 e. The van der Waals surface area contributed by atoms with E-state index in [9.17, 15) is 5.11 Å². The molecule has 1 aliphatic rings. The summed E-state index contributed by atoms with van der Waals surface area (Å²) in [5.74, 6) is 0.623. The number of benzene rings is 1. The summed E-state index contributed by atoms with van der Waals surface area (Å²) in [6, 6.07) is 3.77. The molecule has 0 spiro atoms. The van der Waals surface area contributed by atoms with Crippen molar-refractivity contribution in [1.82, 2.24) is 0 Å². The van der Waals surface area contributed by atoms with E-state index in [1.54, 1.807) is 7.11 Å². The highest BCUT2D eigenvalue weighted by molar-refractivity contribution is 5.49. The van der Waals surface area contributed by atoms with Crippen LogP contribution in [-0.2, 0) is 16.6 Å². The van der Waals surface area contributed by atoms with Crippen LogP contribution in [0.1, 0.15) is 45.2 Å². The molecule has 0 amide bonds. The summed E-state index contributed by atoms with van der Waals surface area (Å²) in [6.45, 7) is 8.17. The van der Waals surface area contributed by atoms with Crippen LogP contribution in [0.5, 0.6) is 11.5 Å². The number of phenolic OH excluding ortho intramolecular Hbond substituents is 1. The van der Waals surface area contributed by atoms with E-state index in [2.05, 4.69) is 20.8 Å². The van der Waals surface area contributed by atoms with Gasteiger partial charge in [-0.3, -0.25) is 0 Å². The summed E-state index contributed by atoms with van der Waals surface area (Å²) in [6.07, 6.45) is 1.66. The Balaban J connectivity index is 2.45. The molecular weight excluding hydrogens is 228 g/mol. The highest BCUT2D eigenvalue weighted by atomic mass is 16.7. The van der Waals surface area contributed by atoms with Crippen molar-refractivity contribution in [1.29, 1.82) is 0 Å². The van der Waals surface area contributed by atoms with Crippen LogP contribution >= 0.6 is 0 Å². The van der Waals surface area contributed by atoms with E-state index >= 15 is 0 Å². The zero-order chi connectivity index (χ0) is 13.6. The van der Waals surface area contributed by atoms with Crippen molar-refractivity contribution in [2.45, 2.75) is 51.7 Å². The summed E-state index contributed by atoms with van der Waals surface area (Å²) in [5.41, 5.74) is 1.85. The maximum atomic E-state index is 10.1. The minimum Gasteiger partial charge on any atom is -0.508 e. The molecule has 1 heterocycles. The molecule has 3 nitrogen and oxygen atoms in total. The van der Waals surface area contributed by atoms with Gasteiger partial charge < -0.3 is 14.6 Å². The highest BCUT2D eigenvalue weighted by Crippen LogP contribution is 2.41. The average molecular weight is 250 g/mol. The molecule has 0 radical (unpaired) electrons. The monoisotopic (exact) mass is 250 g/mol. The first-order chi connectivity index (χ1) is 8.25. The van der Waals surface area contributed by atoms with E-state index in [0.29, 0.717) is 5.75 Å². The normalized spacial score (nSPS) is 23.4. The fourth-order valence-corrected chi connectivity index (χ4v) is 2.29. The van der Waals surface area contributed by atoms with E-state index in [-0.39, 0.29) is 5.41 Å². The molecule has 18 heavy (non-hydrogen) atoms. The van der Waals surface area contributed by atoms with Crippen molar-refractivity contribution in [3.8, 4) is 11.5 Å². The number of phenols is 1. The minimum absolute atomic E-state index is 0.108. The van der Waals surface area contributed by atoms with Crippen LogP contribution in [0.4, 0.5) is 0 Å². The summed E-state index contributed by atoms with van der Waals surface area (Å²) >= 11 is 0. The molecule has 1 N–H and O–H groups in total. The fraction of sp³-hybridized carbons (Fsp3) is 0.600. The number of aromatic hydroxyl groups is 1. The predicted molar refractivity (Wildman–Crippen MR) is 71.2 cm³/mol. The standard InChI is InChI=1S/C15H22O3/c1-14(2,3)11-9-13-10(8-12(11)16)6-7-15(4,17-5)18-13/h8-9,16H,6-7H2,1-5H3. The van der Waals surface area contributed by atoms with Crippen LogP contribution in [-0.4, -0.2) is 18.0 Å². The van der Waals surface area contributed by atoms with Crippen LogP contribution in [0.25, 0.3) is 0 Å². The SMILES string of the molecule is COC1(C)CCc2cc(O)c(C(C)(C)C)cc2O1. The third-order valence-corrected chi connectivity index (χ3v) is 3.59. The van der Waals surface area contributed by atoms with Gasteiger partial charge >= 0.3 is 0 Å². The largest absolute Gasteiger partial charge is 0.508 e. The van der Waals surface area contributed by atoms with E-state index in [4.69, 9.17) is 9.47 Å². The highest BCUT2D eigenvalue weighted by Gasteiger charge is 2.33. The Kier molecular flexibility index (Phi) is 3.06. The molecule has 0 aliphatic carbocycles. The third-order valence-electron chi connectivity index (χ3n) is 3.59. The lowest BCUT2D eigenvalue weighted by Gasteiger charge is -2.35. The van der Waals surface area contributed by atoms with Crippen LogP contribution in [0, 0.1) is 0 Å².